The van der Waals surface area contributed by atoms with E-state index in [-0.39, 0.29) is 5.75 Å². The third-order valence-corrected chi connectivity index (χ3v) is 4.57. The van der Waals surface area contributed by atoms with Crippen LogP contribution in [0.2, 0.25) is 10.0 Å². The lowest BCUT2D eigenvalue weighted by Gasteiger charge is -2.12. The van der Waals surface area contributed by atoms with Gasteiger partial charge >= 0.3 is 0 Å². The summed E-state index contributed by atoms with van der Waals surface area (Å²) in [6, 6.07) is 8.76. The van der Waals surface area contributed by atoms with Crippen LogP contribution in [0, 0.1) is 0 Å². The highest BCUT2D eigenvalue weighted by molar-refractivity contribution is 9.10. The monoisotopic (exact) mass is 375 g/mol. The predicted octanol–water partition coefficient (Wildman–Crippen LogP) is 5.08. The van der Waals surface area contributed by atoms with Crippen molar-refractivity contribution in [3.05, 3.63) is 50.4 Å². The number of benzene rings is 2. The summed E-state index contributed by atoms with van der Waals surface area (Å²) in [7, 11) is 1.55. The van der Waals surface area contributed by atoms with Crippen molar-refractivity contribution in [2.24, 2.45) is 0 Å². The van der Waals surface area contributed by atoms with Crippen molar-refractivity contribution >= 4 is 44.8 Å². The molecule has 0 amide bonds. The molecular formula is C14H12BrCl2NO2. The van der Waals surface area contributed by atoms with Gasteiger partial charge in [0.25, 0.3) is 0 Å². The van der Waals surface area contributed by atoms with Crippen molar-refractivity contribution < 1.29 is 9.84 Å². The first-order valence-corrected chi connectivity index (χ1v) is 7.31. The molecule has 0 aromatic heterocycles. The Morgan fingerprint density at radius 1 is 1.20 bits per heavy atom. The number of methoxy groups -OCH3 is 1. The Morgan fingerprint density at radius 2 is 1.95 bits per heavy atom. The zero-order valence-corrected chi connectivity index (χ0v) is 13.7. The summed E-state index contributed by atoms with van der Waals surface area (Å²) in [5, 5.41) is 13.9. The van der Waals surface area contributed by atoms with E-state index in [1.807, 2.05) is 12.1 Å². The van der Waals surface area contributed by atoms with Gasteiger partial charge in [-0.05, 0) is 40.2 Å². The highest BCUT2D eigenvalue weighted by atomic mass is 79.9. The number of phenols is 1. The van der Waals surface area contributed by atoms with Gasteiger partial charge in [0.1, 0.15) is 11.5 Å². The number of ether oxygens (including phenoxy) is 1. The van der Waals surface area contributed by atoms with E-state index in [1.165, 1.54) is 0 Å². The number of nitrogens with one attached hydrogen (secondary N) is 1. The van der Waals surface area contributed by atoms with E-state index in [2.05, 4.69) is 21.2 Å². The van der Waals surface area contributed by atoms with Crippen LogP contribution in [0.1, 0.15) is 5.56 Å². The average Bonchev–Trinajstić information content (AvgIpc) is 2.45. The van der Waals surface area contributed by atoms with Crippen molar-refractivity contribution in [3.63, 3.8) is 0 Å². The van der Waals surface area contributed by atoms with Crippen LogP contribution in [-0.4, -0.2) is 12.2 Å². The average molecular weight is 377 g/mol. The maximum atomic E-state index is 9.88. The SMILES string of the molecule is COc1ccc(CNc2ccc(Br)c(Cl)c2Cl)c(O)c1. The number of halogens is 3. The molecule has 6 heteroatoms. The Morgan fingerprint density at radius 3 is 2.60 bits per heavy atom. The molecule has 0 heterocycles. The molecule has 3 nitrogen and oxygen atoms in total. The lowest BCUT2D eigenvalue weighted by Crippen LogP contribution is -2.00. The molecule has 0 bridgehead atoms. The van der Waals surface area contributed by atoms with Gasteiger partial charge in [0, 0.05) is 22.6 Å². The molecule has 0 fully saturated rings. The highest BCUT2D eigenvalue weighted by Crippen LogP contribution is 2.36. The molecule has 0 saturated heterocycles. The molecule has 0 unspecified atom stereocenters. The van der Waals surface area contributed by atoms with Crippen molar-refractivity contribution in [2.45, 2.75) is 6.54 Å². The van der Waals surface area contributed by atoms with Gasteiger partial charge in [-0.1, -0.05) is 23.2 Å². The highest BCUT2D eigenvalue weighted by Gasteiger charge is 2.09. The quantitative estimate of drug-likeness (QED) is 0.731. The molecule has 2 aromatic rings. The summed E-state index contributed by atoms with van der Waals surface area (Å²) in [6.07, 6.45) is 0. The molecule has 0 aliphatic carbocycles. The Labute approximate surface area is 135 Å². The molecule has 2 aromatic carbocycles. The maximum Gasteiger partial charge on any atom is 0.124 e. The number of hydrogen-bond donors (Lipinski definition) is 2. The molecule has 0 saturated carbocycles. The first-order valence-electron chi connectivity index (χ1n) is 5.76. The van der Waals surface area contributed by atoms with Gasteiger partial charge in [-0.15, -0.1) is 0 Å². The largest absolute Gasteiger partial charge is 0.507 e. The number of anilines is 1. The van der Waals surface area contributed by atoms with E-state index in [0.717, 1.165) is 10.0 Å². The predicted molar refractivity (Wildman–Crippen MR) is 86.1 cm³/mol. The molecule has 0 aliphatic heterocycles. The fraction of sp³-hybridized carbons (Fsp3) is 0.143. The van der Waals surface area contributed by atoms with Crippen LogP contribution in [0.25, 0.3) is 0 Å². The Hall–Kier alpha value is -1.10. The Bertz CT molecular complexity index is 635. The second-order valence-electron chi connectivity index (χ2n) is 4.07. The normalized spacial score (nSPS) is 10.4. The van der Waals surface area contributed by atoms with Gasteiger partial charge in [-0.3, -0.25) is 0 Å². The minimum atomic E-state index is 0.163. The molecule has 20 heavy (non-hydrogen) atoms. The Balaban J connectivity index is 2.15. The van der Waals surface area contributed by atoms with Crippen molar-refractivity contribution in [2.75, 3.05) is 12.4 Å². The summed E-state index contributed by atoms with van der Waals surface area (Å²) in [5.41, 5.74) is 1.44. The van der Waals surface area contributed by atoms with E-state index < -0.39 is 0 Å². The molecule has 0 aliphatic rings. The molecule has 0 radical (unpaired) electrons. The van der Waals surface area contributed by atoms with Gasteiger partial charge in [-0.25, -0.2) is 0 Å². The van der Waals surface area contributed by atoms with Crippen LogP contribution in [0.15, 0.2) is 34.8 Å². The van der Waals surface area contributed by atoms with E-state index in [9.17, 15) is 5.11 Å². The van der Waals surface area contributed by atoms with Crippen molar-refractivity contribution in [1.29, 1.82) is 0 Å². The van der Waals surface area contributed by atoms with Gasteiger partial charge < -0.3 is 15.2 Å². The number of aromatic hydroxyl groups is 1. The molecule has 106 valence electrons. The third kappa shape index (κ3) is 3.32. The number of hydrogen-bond acceptors (Lipinski definition) is 3. The number of rotatable bonds is 4. The van der Waals surface area contributed by atoms with Gasteiger partial charge in [0.05, 0.1) is 22.8 Å². The van der Waals surface area contributed by atoms with E-state index in [0.29, 0.717) is 28.0 Å². The van der Waals surface area contributed by atoms with Crippen LogP contribution < -0.4 is 10.1 Å². The molecule has 2 rings (SSSR count). The molecular weight excluding hydrogens is 365 g/mol. The Kier molecular flexibility index (Phi) is 5.02. The molecule has 0 spiro atoms. The second-order valence-corrected chi connectivity index (χ2v) is 5.68. The lowest BCUT2D eigenvalue weighted by molar-refractivity contribution is 0.406. The third-order valence-electron chi connectivity index (χ3n) is 2.80. The van der Waals surface area contributed by atoms with E-state index in [4.69, 9.17) is 27.9 Å². The van der Waals surface area contributed by atoms with Crippen LogP contribution in [0.4, 0.5) is 5.69 Å². The summed E-state index contributed by atoms with van der Waals surface area (Å²) < 4.78 is 5.77. The minimum Gasteiger partial charge on any atom is -0.507 e. The zero-order chi connectivity index (χ0) is 14.7. The van der Waals surface area contributed by atoms with E-state index in [1.54, 1.807) is 25.3 Å². The standard InChI is InChI=1S/C14H12BrCl2NO2/c1-20-9-3-2-8(12(19)6-9)7-18-11-5-4-10(15)13(16)14(11)17/h2-6,18-19H,7H2,1H3. The fourth-order valence-electron chi connectivity index (χ4n) is 1.67. The first kappa shape index (κ1) is 15.3. The summed E-state index contributed by atoms with van der Waals surface area (Å²) in [6.45, 7) is 0.424. The van der Waals surface area contributed by atoms with Crippen LogP contribution >= 0.6 is 39.1 Å². The second kappa shape index (κ2) is 6.57. The zero-order valence-electron chi connectivity index (χ0n) is 10.6. The minimum absolute atomic E-state index is 0.163. The lowest BCUT2D eigenvalue weighted by atomic mass is 10.2. The van der Waals surface area contributed by atoms with Crippen LogP contribution in [0.3, 0.4) is 0 Å². The van der Waals surface area contributed by atoms with Crippen molar-refractivity contribution in [3.8, 4) is 11.5 Å². The van der Waals surface area contributed by atoms with Gasteiger partial charge in [-0.2, -0.15) is 0 Å². The molecule has 2 N–H and O–H groups in total. The van der Waals surface area contributed by atoms with E-state index >= 15 is 0 Å². The van der Waals surface area contributed by atoms with Crippen molar-refractivity contribution in [1.82, 2.24) is 0 Å². The summed E-state index contributed by atoms with van der Waals surface area (Å²) >= 11 is 15.5. The van der Waals surface area contributed by atoms with Gasteiger partial charge in [0.2, 0.25) is 0 Å². The molecule has 0 atom stereocenters. The summed E-state index contributed by atoms with van der Waals surface area (Å²) in [4.78, 5) is 0. The smallest absolute Gasteiger partial charge is 0.124 e. The maximum absolute atomic E-state index is 9.88. The fourth-order valence-corrected chi connectivity index (χ4v) is 2.51. The van der Waals surface area contributed by atoms with Crippen LogP contribution in [-0.2, 0) is 6.54 Å². The number of phenolic OH excluding ortho intramolecular Hbond substituents is 1. The first-order chi connectivity index (χ1) is 9.52. The topological polar surface area (TPSA) is 41.5 Å². The van der Waals surface area contributed by atoms with Crippen LogP contribution in [0.5, 0.6) is 11.5 Å². The summed E-state index contributed by atoms with van der Waals surface area (Å²) in [5.74, 6) is 0.771. The van der Waals surface area contributed by atoms with Gasteiger partial charge in [0.15, 0.2) is 0 Å².